The van der Waals surface area contributed by atoms with Crippen LogP contribution < -0.4 is 0 Å². The average molecular weight is 299 g/mol. The lowest BCUT2D eigenvalue weighted by atomic mass is 10.1. The summed E-state index contributed by atoms with van der Waals surface area (Å²) in [6, 6.07) is 19.2. The van der Waals surface area contributed by atoms with Crippen LogP contribution in [-0.4, -0.2) is 14.9 Å². The van der Waals surface area contributed by atoms with E-state index < -0.39 is 6.10 Å². The van der Waals surface area contributed by atoms with Crippen LogP contribution in [0.3, 0.4) is 0 Å². The molecule has 4 heteroatoms. The number of aliphatic hydroxyl groups excluding tert-OH is 1. The molecule has 2 aromatic carbocycles. The molecule has 0 aliphatic carbocycles. The molecule has 0 aliphatic heterocycles. The second-order valence-corrected chi connectivity index (χ2v) is 5.30. The normalized spacial score (nSPS) is 12.3. The third-order valence-electron chi connectivity index (χ3n) is 3.31. The Bertz CT molecular complexity index is 707. The summed E-state index contributed by atoms with van der Waals surface area (Å²) < 4.78 is 1.76. The number of halogens is 1. The van der Waals surface area contributed by atoms with Crippen LogP contribution in [0.15, 0.2) is 66.9 Å². The fourth-order valence-corrected chi connectivity index (χ4v) is 2.31. The van der Waals surface area contributed by atoms with Gasteiger partial charge in [0.2, 0.25) is 0 Å². The van der Waals surface area contributed by atoms with Crippen molar-refractivity contribution in [3.8, 4) is 5.69 Å². The van der Waals surface area contributed by atoms with E-state index in [9.17, 15) is 5.11 Å². The summed E-state index contributed by atoms with van der Waals surface area (Å²) in [4.78, 5) is 0. The molecule has 0 saturated carbocycles. The highest BCUT2D eigenvalue weighted by Gasteiger charge is 2.12. The highest BCUT2D eigenvalue weighted by molar-refractivity contribution is 6.30. The molecule has 3 aromatic rings. The molecule has 3 rings (SSSR count). The predicted molar refractivity (Wildman–Crippen MR) is 83.7 cm³/mol. The van der Waals surface area contributed by atoms with E-state index >= 15 is 0 Å². The topological polar surface area (TPSA) is 38.0 Å². The van der Waals surface area contributed by atoms with Crippen LogP contribution in [0.1, 0.15) is 17.4 Å². The molecule has 1 unspecified atom stereocenters. The van der Waals surface area contributed by atoms with E-state index in [0.29, 0.717) is 17.1 Å². The van der Waals surface area contributed by atoms with Gasteiger partial charge in [-0.15, -0.1) is 0 Å². The minimum absolute atomic E-state index is 0.517. The largest absolute Gasteiger partial charge is 0.386 e. The average Bonchev–Trinajstić information content (AvgIpc) is 3.00. The van der Waals surface area contributed by atoms with Gasteiger partial charge in [0, 0.05) is 17.6 Å². The van der Waals surface area contributed by atoms with Gasteiger partial charge in [0.1, 0.15) is 6.10 Å². The molecule has 0 radical (unpaired) electrons. The summed E-state index contributed by atoms with van der Waals surface area (Å²) in [6.07, 6.45) is 1.75. The number of para-hydroxylation sites is 1. The number of rotatable bonds is 4. The first-order chi connectivity index (χ1) is 10.2. The molecule has 1 heterocycles. The van der Waals surface area contributed by atoms with Crippen molar-refractivity contribution in [1.82, 2.24) is 9.78 Å². The van der Waals surface area contributed by atoms with Crippen LogP contribution in [0.2, 0.25) is 5.02 Å². The molecule has 0 amide bonds. The summed E-state index contributed by atoms with van der Waals surface area (Å²) in [6.45, 7) is 0. The molecule has 0 aliphatic rings. The van der Waals surface area contributed by atoms with E-state index in [2.05, 4.69) is 5.10 Å². The molecule has 21 heavy (non-hydrogen) atoms. The van der Waals surface area contributed by atoms with Gasteiger partial charge in [-0.25, -0.2) is 4.68 Å². The molecule has 106 valence electrons. The Hall–Kier alpha value is -2.10. The summed E-state index contributed by atoms with van der Waals surface area (Å²) in [5.74, 6) is 0. The second-order valence-electron chi connectivity index (χ2n) is 4.87. The number of benzene rings is 2. The molecule has 0 bridgehead atoms. The van der Waals surface area contributed by atoms with Crippen LogP contribution in [-0.2, 0) is 6.42 Å². The first kappa shape index (κ1) is 13.9. The lowest BCUT2D eigenvalue weighted by Crippen LogP contribution is -2.04. The van der Waals surface area contributed by atoms with Crippen molar-refractivity contribution >= 4 is 11.6 Å². The first-order valence-electron chi connectivity index (χ1n) is 6.76. The quantitative estimate of drug-likeness (QED) is 0.795. The van der Waals surface area contributed by atoms with Crippen molar-refractivity contribution in [2.75, 3.05) is 0 Å². The van der Waals surface area contributed by atoms with E-state index in [4.69, 9.17) is 11.6 Å². The minimum atomic E-state index is -0.629. The summed E-state index contributed by atoms with van der Waals surface area (Å²) in [7, 11) is 0. The van der Waals surface area contributed by atoms with Crippen molar-refractivity contribution in [2.45, 2.75) is 12.5 Å². The Balaban J connectivity index is 1.75. The van der Waals surface area contributed by atoms with Gasteiger partial charge in [0.15, 0.2) is 0 Å². The lowest BCUT2D eigenvalue weighted by Gasteiger charge is -2.08. The Kier molecular flexibility index (Phi) is 4.04. The Labute approximate surface area is 128 Å². The number of aromatic nitrogens is 2. The fourth-order valence-electron chi connectivity index (χ4n) is 2.19. The maximum atomic E-state index is 10.3. The molecule has 3 nitrogen and oxygen atoms in total. The van der Waals surface area contributed by atoms with E-state index in [0.717, 1.165) is 11.3 Å². The standard InChI is InChI=1S/C17H15ClN2O/c18-14-8-6-13(7-9-14)12-17(21)16-10-11-20(19-16)15-4-2-1-3-5-15/h1-11,17,21H,12H2. The van der Waals surface area contributed by atoms with Crippen LogP contribution in [0.5, 0.6) is 0 Å². The van der Waals surface area contributed by atoms with Gasteiger partial charge in [-0.05, 0) is 35.9 Å². The lowest BCUT2D eigenvalue weighted by molar-refractivity contribution is 0.173. The molecular weight excluding hydrogens is 284 g/mol. The van der Waals surface area contributed by atoms with Crippen molar-refractivity contribution in [1.29, 1.82) is 0 Å². The van der Waals surface area contributed by atoms with Crippen molar-refractivity contribution in [3.63, 3.8) is 0 Å². The van der Waals surface area contributed by atoms with E-state index in [1.807, 2.05) is 66.9 Å². The highest BCUT2D eigenvalue weighted by atomic mass is 35.5. The van der Waals surface area contributed by atoms with Crippen LogP contribution >= 0.6 is 11.6 Å². The number of nitrogens with zero attached hydrogens (tertiary/aromatic N) is 2. The van der Waals surface area contributed by atoms with Crippen molar-refractivity contribution < 1.29 is 5.11 Å². The molecule has 0 saturated heterocycles. The zero-order valence-electron chi connectivity index (χ0n) is 11.4. The second kappa shape index (κ2) is 6.12. The van der Waals surface area contributed by atoms with Gasteiger partial charge >= 0.3 is 0 Å². The predicted octanol–water partition coefficient (Wildman–Crippen LogP) is 3.80. The monoisotopic (exact) mass is 298 g/mol. The molecule has 1 aromatic heterocycles. The first-order valence-corrected chi connectivity index (χ1v) is 7.14. The van der Waals surface area contributed by atoms with Gasteiger partial charge in [0.05, 0.1) is 11.4 Å². The van der Waals surface area contributed by atoms with Crippen molar-refractivity contribution in [2.24, 2.45) is 0 Å². The van der Waals surface area contributed by atoms with E-state index in [-0.39, 0.29) is 0 Å². The fraction of sp³-hybridized carbons (Fsp3) is 0.118. The summed E-state index contributed by atoms with van der Waals surface area (Å²) in [5, 5.41) is 15.4. The van der Waals surface area contributed by atoms with Gasteiger partial charge in [-0.3, -0.25) is 0 Å². The van der Waals surface area contributed by atoms with Crippen LogP contribution in [0, 0.1) is 0 Å². The minimum Gasteiger partial charge on any atom is -0.386 e. The smallest absolute Gasteiger partial charge is 0.102 e. The van der Waals surface area contributed by atoms with Gasteiger partial charge in [-0.2, -0.15) is 5.10 Å². The number of aliphatic hydroxyl groups is 1. The summed E-state index contributed by atoms with van der Waals surface area (Å²) in [5.41, 5.74) is 2.66. The molecule has 1 atom stereocenters. The highest BCUT2D eigenvalue weighted by Crippen LogP contribution is 2.19. The van der Waals surface area contributed by atoms with Gasteiger partial charge in [-0.1, -0.05) is 41.9 Å². The summed E-state index contributed by atoms with van der Waals surface area (Å²) >= 11 is 5.86. The van der Waals surface area contributed by atoms with Crippen molar-refractivity contribution in [3.05, 3.63) is 83.1 Å². The van der Waals surface area contributed by atoms with E-state index in [1.165, 1.54) is 0 Å². The molecule has 0 spiro atoms. The third-order valence-corrected chi connectivity index (χ3v) is 3.57. The SMILES string of the molecule is OC(Cc1ccc(Cl)cc1)c1ccn(-c2ccccc2)n1. The zero-order valence-corrected chi connectivity index (χ0v) is 12.1. The van der Waals surface area contributed by atoms with E-state index in [1.54, 1.807) is 4.68 Å². The zero-order chi connectivity index (χ0) is 14.7. The molecular formula is C17H15ClN2O. The van der Waals surface area contributed by atoms with Gasteiger partial charge in [0.25, 0.3) is 0 Å². The Morgan fingerprint density at radius 2 is 1.71 bits per heavy atom. The van der Waals surface area contributed by atoms with Crippen LogP contribution in [0.4, 0.5) is 0 Å². The maximum absolute atomic E-state index is 10.3. The van der Waals surface area contributed by atoms with Crippen LogP contribution in [0.25, 0.3) is 5.69 Å². The Morgan fingerprint density at radius 3 is 2.43 bits per heavy atom. The number of hydrogen-bond acceptors (Lipinski definition) is 2. The molecule has 0 fully saturated rings. The number of hydrogen-bond donors (Lipinski definition) is 1. The third kappa shape index (κ3) is 3.32. The maximum Gasteiger partial charge on any atom is 0.102 e. The molecule has 1 N–H and O–H groups in total. The Morgan fingerprint density at radius 1 is 1.00 bits per heavy atom. The van der Waals surface area contributed by atoms with Gasteiger partial charge < -0.3 is 5.11 Å².